The normalized spacial score (nSPS) is 20.8. The Balaban J connectivity index is 1.49. The molecule has 2 heterocycles. The van der Waals surface area contributed by atoms with E-state index in [0.717, 1.165) is 17.7 Å². The molecule has 1 aliphatic carbocycles. The van der Waals surface area contributed by atoms with Gasteiger partial charge in [0.05, 0.1) is 18.9 Å². The average molecular weight is 410 g/mol. The fourth-order valence-corrected chi connectivity index (χ4v) is 3.67. The molecule has 9 heteroatoms. The van der Waals surface area contributed by atoms with Crippen LogP contribution in [0.2, 0.25) is 0 Å². The predicted molar refractivity (Wildman–Crippen MR) is 107 cm³/mol. The monoisotopic (exact) mass is 410 g/mol. The molecule has 2 aliphatic rings. The summed E-state index contributed by atoms with van der Waals surface area (Å²) in [5.74, 6) is -0.264. The molecule has 2 N–H and O–H groups in total. The highest BCUT2D eigenvalue weighted by Gasteiger charge is 2.56. The highest BCUT2D eigenvalue weighted by Crippen LogP contribution is 2.43. The van der Waals surface area contributed by atoms with E-state index in [1.165, 1.54) is 25.4 Å². The van der Waals surface area contributed by atoms with Gasteiger partial charge < -0.3 is 20.6 Å². The molecule has 1 aliphatic heterocycles. The lowest BCUT2D eigenvalue weighted by Gasteiger charge is -2.21. The molecule has 1 atom stereocenters. The first-order valence-corrected chi connectivity index (χ1v) is 9.64. The van der Waals surface area contributed by atoms with Gasteiger partial charge >= 0.3 is 11.9 Å². The number of urea groups is 1. The van der Waals surface area contributed by atoms with Gasteiger partial charge in [0.1, 0.15) is 11.3 Å². The Morgan fingerprint density at radius 1 is 1.33 bits per heavy atom. The van der Waals surface area contributed by atoms with E-state index in [9.17, 15) is 19.6 Å². The molecule has 4 amide bonds. The maximum absolute atomic E-state index is 12.9. The number of imide groups is 1. The van der Waals surface area contributed by atoms with E-state index in [2.05, 4.69) is 10.6 Å². The number of benzene rings is 1. The molecule has 2 fully saturated rings. The molecule has 0 bridgehead atoms. The third kappa shape index (κ3) is 3.42. The summed E-state index contributed by atoms with van der Waals surface area (Å²) in [6.45, 7) is 1.88. The summed E-state index contributed by atoms with van der Waals surface area (Å²) in [6.07, 6.45) is 3.04. The molecule has 1 unspecified atom stereocenters. The molecule has 1 aromatic heterocycles. The second-order valence-corrected chi connectivity index (χ2v) is 7.68. The van der Waals surface area contributed by atoms with Gasteiger partial charge in [-0.05, 0) is 43.4 Å². The summed E-state index contributed by atoms with van der Waals surface area (Å²) >= 11 is 0. The molecular formula is C21H22N4O5. The van der Waals surface area contributed by atoms with Crippen molar-refractivity contribution in [3.63, 3.8) is 0 Å². The van der Waals surface area contributed by atoms with Gasteiger partial charge in [0.15, 0.2) is 6.20 Å². The van der Waals surface area contributed by atoms with E-state index in [0.29, 0.717) is 21.7 Å². The highest BCUT2D eigenvalue weighted by atomic mass is 16.5. The van der Waals surface area contributed by atoms with E-state index >= 15 is 0 Å². The van der Waals surface area contributed by atoms with Crippen LogP contribution in [0.3, 0.4) is 0 Å². The molecule has 0 radical (unpaired) electrons. The number of pyridine rings is 1. The van der Waals surface area contributed by atoms with Gasteiger partial charge in [-0.25, -0.2) is 9.69 Å². The number of ether oxygens (including phenoxy) is 1. The van der Waals surface area contributed by atoms with E-state index in [1.807, 2.05) is 0 Å². The van der Waals surface area contributed by atoms with Crippen molar-refractivity contribution < 1.29 is 23.9 Å². The Morgan fingerprint density at radius 3 is 2.80 bits per heavy atom. The summed E-state index contributed by atoms with van der Waals surface area (Å²) < 4.78 is 5.50. The second-order valence-electron chi connectivity index (χ2n) is 7.68. The van der Waals surface area contributed by atoms with Gasteiger partial charge in [-0.1, -0.05) is 12.1 Å². The van der Waals surface area contributed by atoms with E-state index in [1.54, 1.807) is 31.2 Å². The lowest BCUT2D eigenvalue weighted by atomic mass is 9.96. The standard InChI is InChI=1S/C21H22N4O5/c1-21(14-6-7-14)19(27)25(20(28)23-21)15-5-3-4-13(10-15)12-22-18(26)17-11-16(30-2)8-9-24(17)29/h3-5,8-11,14H,6-7,12H2,1-2H3,(H,22,26)(H,23,28). The zero-order valence-electron chi connectivity index (χ0n) is 16.7. The minimum atomic E-state index is -0.866. The van der Waals surface area contributed by atoms with Crippen LogP contribution in [-0.4, -0.2) is 30.5 Å². The largest absolute Gasteiger partial charge is 0.618 e. The Kier molecular flexibility index (Phi) is 4.81. The SMILES string of the molecule is COc1cc[n+]([O-])c(C(=O)NCc2cccc(N3C(=O)NC(C)(C4CC4)C3=O)c2)c1. The van der Waals surface area contributed by atoms with Gasteiger partial charge in [0, 0.05) is 12.6 Å². The minimum absolute atomic E-state index is 0.0974. The van der Waals surface area contributed by atoms with Gasteiger partial charge in [-0.2, -0.15) is 4.73 Å². The maximum Gasteiger partial charge on any atom is 0.329 e. The number of hydrogen-bond donors (Lipinski definition) is 2. The van der Waals surface area contributed by atoms with E-state index in [-0.39, 0.29) is 24.1 Å². The quantitative estimate of drug-likeness (QED) is 0.425. The summed E-state index contributed by atoms with van der Waals surface area (Å²) in [4.78, 5) is 38.9. The van der Waals surface area contributed by atoms with Crippen LogP contribution in [0.1, 0.15) is 35.8 Å². The molecule has 0 spiro atoms. The molecular weight excluding hydrogens is 388 g/mol. The molecule has 1 aromatic carbocycles. The summed E-state index contributed by atoms with van der Waals surface area (Å²) in [5.41, 5.74) is 0.158. The minimum Gasteiger partial charge on any atom is -0.618 e. The van der Waals surface area contributed by atoms with Crippen molar-refractivity contribution in [1.29, 1.82) is 0 Å². The number of rotatable bonds is 6. The summed E-state index contributed by atoms with van der Waals surface area (Å²) in [5, 5.41) is 17.4. The number of amides is 4. The number of carbonyl (C=O) groups excluding carboxylic acids is 3. The third-order valence-corrected chi connectivity index (χ3v) is 5.59. The van der Waals surface area contributed by atoms with Gasteiger partial charge in [-0.15, -0.1) is 0 Å². The molecule has 4 rings (SSSR count). The van der Waals surface area contributed by atoms with Crippen molar-refractivity contribution in [2.75, 3.05) is 12.0 Å². The second kappa shape index (κ2) is 7.33. The Morgan fingerprint density at radius 2 is 2.10 bits per heavy atom. The van der Waals surface area contributed by atoms with E-state index < -0.39 is 17.5 Å². The van der Waals surface area contributed by atoms with E-state index in [4.69, 9.17) is 4.74 Å². The number of anilines is 1. The topological polar surface area (TPSA) is 115 Å². The molecule has 156 valence electrons. The number of aromatic nitrogens is 1. The summed E-state index contributed by atoms with van der Waals surface area (Å²) in [7, 11) is 1.45. The van der Waals surface area contributed by atoms with Crippen molar-refractivity contribution >= 4 is 23.5 Å². The van der Waals surface area contributed by atoms with Crippen molar-refractivity contribution in [3.05, 3.63) is 59.1 Å². The van der Waals surface area contributed by atoms with Crippen LogP contribution in [0.4, 0.5) is 10.5 Å². The van der Waals surface area contributed by atoms with Crippen LogP contribution in [0.5, 0.6) is 5.75 Å². The number of methoxy groups -OCH3 is 1. The first-order chi connectivity index (χ1) is 14.3. The fourth-order valence-electron chi connectivity index (χ4n) is 3.67. The van der Waals surface area contributed by atoms with Crippen LogP contribution in [0.25, 0.3) is 0 Å². The first kappa shape index (κ1) is 19.7. The van der Waals surface area contributed by atoms with Crippen LogP contribution >= 0.6 is 0 Å². The van der Waals surface area contributed by atoms with Crippen LogP contribution in [0, 0.1) is 11.1 Å². The first-order valence-electron chi connectivity index (χ1n) is 9.64. The summed E-state index contributed by atoms with van der Waals surface area (Å²) in [6, 6.07) is 9.19. The van der Waals surface area contributed by atoms with Crippen molar-refractivity contribution in [3.8, 4) is 5.75 Å². The third-order valence-electron chi connectivity index (χ3n) is 5.59. The van der Waals surface area contributed by atoms with Crippen LogP contribution in [0.15, 0.2) is 42.6 Å². The van der Waals surface area contributed by atoms with Crippen molar-refractivity contribution in [2.45, 2.75) is 31.8 Å². The number of hydrogen-bond acceptors (Lipinski definition) is 5. The Bertz CT molecular complexity index is 1040. The van der Waals surface area contributed by atoms with Gasteiger partial charge in [0.2, 0.25) is 0 Å². The van der Waals surface area contributed by atoms with Crippen molar-refractivity contribution in [2.24, 2.45) is 5.92 Å². The predicted octanol–water partition coefficient (Wildman–Crippen LogP) is 1.48. The zero-order chi connectivity index (χ0) is 21.5. The fraction of sp³-hybridized carbons (Fsp3) is 0.333. The number of nitrogens with zero attached hydrogens (tertiary/aromatic N) is 2. The molecule has 9 nitrogen and oxygen atoms in total. The van der Waals surface area contributed by atoms with Crippen LogP contribution < -0.4 is 25.0 Å². The molecule has 1 saturated carbocycles. The van der Waals surface area contributed by atoms with Crippen molar-refractivity contribution in [1.82, 2.24) is 10.6 Å². The molecule has 2 aromatic rings. The smallest absolute Gasteiger partial charge is 0.329 e. The molecule has 1 saturated heterocycles. The molecule has 30 heavy (non-hydrogen) atoms. The van der Waals surface area contributed by atoms with Gasteiger partial charge in [-0.3, -0.25) is 9.59 Å². The number of nitrogens with one attached hydrogen (secondary N) is 2. The maximum atomic E-state index is 12.9. The van der Waals surface area contributed by atoms with Crippen LogP contribution in [-0.2, 0) is 11.3 Å². The Hall–Kier alpha value is -3.62. The lowest BCUT2D eigenvalue weighted by Crippen LogP contribution is -2.46. The zero-order valence-corrected chi connectivity index (χ0v) is 16.7. The highest BCUT2D eigenvalue weighted by molar-refractivity contribution is 6.23. The van der Waals surface area contributed by atoms with Gasteiger partial charge in [0.25, 0.3) is 11.6 Å². The lowest BCUT2D eigenvalue weighted by molar-refractivity contribution is -0.607. The average Bonchev–Trinajstić information content (AvgIpc) is 3.55. The Labute approximate surface area is 173 Å². The number of carbonyl (C=O) groups is 3.